The Morgan fingerprint density at radius 3 is 2.74 bits per heavy atom. The van der Waals surface area contributed by atoms with Gasteiger partial charge in [0.15, 0.2) is 11.6 Å². The zero-order valence-corrected chi connectivity index (χ0v) is 11.8. The summed E-state index contributed by atoms with van der Waals surface area (Å²) >= 11 is 0. The van der Waals surface area contributed by atoms with Gasteiger partial charge in [0.2, 0.25) is 0 Å². The van der Waals surface area contributed by atoms with Gasteiger partial charge in [-0.25, -0.2) is 9.37 Å². The molecule has 0 spiro atoms. The Labute approximate surface area is 129 Å². The summed E-state index contributed by atoms with van der Waals surface area (Å²) in [5, 5.41) is 17.5. The summed E-state index contributed by atoms with van der Waals surface area (Å²) < 4.78 is 18.2. The number of nitro benzene ring substituents is 1. The third-order valence-corrected chi connectivity index (χ3v) is 3.04. The molecule has 0 aliphatic heterocycles. The zero-order valence-electron chi connectivity index (χ0n) is 11.8. The number of aromatic nitrogens is 3. The molecule has 8 heteroatoms. The van der Waals surface area contributed by atoms with E-state index in [1.807, 2.05) is 0 Å². The first-order valence-corrected chi connectivity index (χ1v) is 6.66. The first-order chi connectivity index (χ1) is 11.1. The van der Waals surface area contributed by atoms with Crippen LogP contribution in [0.3, 0.4) is 0 Å². The van der Waals surface area contributed by atoms with E-state index in [9.17, 15) is 14.5 Å². The molecule has 0 saturated heterocycles. The normalized spacial score (nSPS) is 10.5. The number of halogens is 1. The molecule has 0 radical (unpaired) electrons. The van der Waals surface area contributed by atoms with E-state index in [1.165, 1.54) is 36.4 Å². The summed E-state index contributed by atoms with van der Waals surface area (Å²) in [6.45, 7) is 0.119. The van der Waals surface area contributed by atoms with Crippen LogP contribution in [0.15, 0.2) is 48.5 Å². The van der Waals surface area contributed by atoms with E-state index in [2.05, 4.69) is 15.2 Å². The number of nitro groups is 1. The molecule has 0 bridgehead atoms. The molecule has 3 aromatic rings. The van der Waals surface area contributed by atoms with Gasteiger partial charge in [-0.05, 0) is 24.3 Å². The van der Waals surface area contributed by atoms with Gasteiger partial charge in [0.05, 0.1) is 4.92 Å². The third-order valence-electron chi connectivity index (χ3n) is 3.04. The van der Waals surface area contributed by atoms with Gasteiger partial charge in [0.25, 0.3) is 5.69 Å². The topological polar surface area (TPSA) is 93.9 Å². The summed E-state index contributed by atoms with van der Waals surface area (Å²) in [5.74, 6) is 0.951. The van der Waals surface area contributed by atoms with Crippen molar-refractivity contribution in [3.8, 4) is 17.1 Å². The monoisotopic (exact) mass is 314 g/mol. The van der Waals surface area contributed by atoms with E-state index in [1.54, 1.807) is 12.1 Å². The number of nitrogens with zero attached hydrogens (tertiary/aromatic N) is 3. The van der Waals surface area contributed by atoms with E-state index in [0.29, 0.717) is 23.0 Å². The van der Waals surface area contributed by atoms with Crippen molar-refractivity contribution in [1.29, 1.82) is 0 Å². The second kappa shape index (κ2) is 6.22. The van der Waals surface area contributed by atoms with Gasteiger partial charge in [-0.1, -0.05) is 12.1 Å². The molecule has 0 atom stereocenters. The summed E-state index contributed by atoms with van der Waals surface area (Å²) in [4.78, 5) is 14.5. The van der Waals surface area contributed by atoms with Gasteiger partial charge in [-0.3, -0.25) is 15.2 Å². The number of rotatable bonds is 5. The lowest BCUT2D eigenvalue weighted by Crippen LogP contribution is -1.97. The standard InChI is InChI=1S/C15H11FN4O3/c16-11-4-6-13(7-5-11)23-9-14-17-15(19-18-14)10-2-1-3-12(8-10)20(21)22/h1-8H,9H2,(H,17,18,19). The van der Waals surface area contributed by atoms with Crippen LogP contribution in [-0.2, 0) is 6.61 Å². The molecule has 116 valence electrons. The molecule has 0 unspecified atom stereocenters. The van der Waals surface area contributed by atoms with Crippen LogP contribution in [0.5, 0.6) is 5.75 Å². The maximum atomic E-state index is 12.8. The second-order valence-corrected chi connectivity index (χ2v) is 4.66. The SMILES string of the molecule is O=[N+]([O-])c1cccc(-c2n[nH]c(COc3ccc(F)cc3)n2)c1. The fraction of sp³-hybridized carbons (Fsp3) is 0.0667. The molecular formula is C15H11FN4O3. The van der Waals surface area contributed by atoms with Gasteiger partial charge in [-0.15, -0.1) is 0 Å². The van der Waals surface area contributed by atoms with Crippen molar-refractivity contribution in [3.05, 3.63) is 70.3 Å². The van der Waals surface area contributed by atoms with Crippen LogP contribution < -0.4 is 4.74 Å². The van der Waals surface area contributed by atoms with Crippen LogP contribution in [0.2, 0.25) is 0 Å². The highest BCUT2D eigenvalue weighted by molar-refractivity contribution is 5.58. The van der Waals surface area contributed by atoms with Crippen LogP contribution in [-0.4, -0.2) is 20.1 Å². The lowest BCUT2D eigenvalue weighted by Gasteiger charge is -2.02. The highest BCUT2D eigenvalue weighted by Gasteiger charge is 2.11. The number of hydrogen-bond donors (Lipinski definition) is 1. The van der Waals surface area contributed by atoms with Crippen molar-refractivity contribution in [2.24, 2.45) is 0 Å². The van der Waals surface area contributed by atoms with E-state index < -0.39 is 4.92 Å². The number of H-pyrrole nitrogens is 1. The van der Waals surface area contributed by atoms with E-state index >= 15 is 0 Å². The van der Waals surface area contributed by atoms with Gasteiger partial charge >= 0.3 is 0 Å². The molecule has 7 nitrogen and oxygen atoms in total. The summed E-state index contributed by atoms with van der Waals surface area (Å²) in [7, 11) is 0. The third kappa shape index (κ3) is 3.49. The Morgan fingerprint density at radius 1 is 1.22 bits per heavy atom. The van der Waals surface area contributed by atoms with Crippen LogP contribution in [0, 0.1) is 15.9 Å². The van der Waals surface area contributed by atoms with Crippen molar-refractivity contribution in [3.63, 3.8) is 0 Å². The minimum atomic E-state index is -0.477. The Balaban J connectivity index is 1.71. The maximum Gasteiger partial charge on any atom is 0.270 e. The number of hydrogen-bond acceptors (Lipinski definition) is 5. The predicted octanol–water partition coefficient (Wildman–Crippen LogP) is 3.10. The first kappa shape index (κ1) is 14.6. The fourth-order valence-electron chi connectivity index (χ4n) is 1.93. The highest BCUT2D eigenvalue weighted by Crippen LogP contribution is 2.21. The van der Waals surface area contributed by atoms with E-state index in [4.69, 9.17) is 4.74 Å². The zero-order chi connectivity index (χ0) is 16.2. The molecule has 23 heavy (non-hydrogen) atoms. The molecule has 2 aromatic carbocycles. The molecule has 0 aliphatic rings. The minimum Gasteiger partial charge on any atom is -0.486 e. The van der Waals surface area contributed by atoms with Gasteiger partial charge in [0, 0.05) is 17.7 Å². The van der Waals surface area contributed by atoms with Crippen molar-refractivity contribution < 1.29 is 14.1 Å². The Kier molecular flexibility index (Phi) is 3.96. The largest absolute Gasteiger partial charge is 0.486 e. The number of nitrogens with one attached hydrogen (secondary N) is 1. The predicted molar refractivity (Wildman–Crippen MR) is 79.2 cm³/mol. The van der Waals surface area contributed by atoms with Gasteiger partial charge in [-0.2, -0.15) is 5.10 Å². The Morgan fingerprint density at radius 2 is 2.00 bits per heavy atom. The fourth-order valence-corrected chi connectivity index (χ4v) is 1.93. The lowest BCUT2D eigenvalue weighted by atomic mass is 10.2. The molecule has 1 N–H and O–H groups in total. The Bertz CT molecular complexity index is 833. The van der Waals surface area contributed by atoms with Crippen LogP contribution >= 0.6 is 0 Å². The Hall–Kier alpha value is -3.29. The number of non-ortho nitro benzene ring substituents is 1. The van der Waals surface area contributed by atoms with Crippen molar-refractivity contribution in [2.75, 3.05) is 0 Å². The van der Waals surface area contributed by atoms with Crippen molar-refractivity contribution >= 4 is 5.69 Å². The van der Waals surface area contributed by atoms with Crippen molar-refractivity contribution in [2.45, 2.75) is 6.61 Å². The number of ether oxygens (including phenoxy) is 1. The smallest absolute Gasteiger partial charge is 0.270 e. The summed E-state index contributed by atoms with van der Waals surface area (Å²) in [5.41, 5.74) is 0.500. The van der Waals surface area contributed by atoms with Crippen LogP contribution in [0.4, 0.5) is 10.1 Å². The van der Waals surface area contributed by atoms with E-state index in [0.717, 1.165) is 0 Å². The second-order valence-electron chi connectivity index (χ2n) is 4.66. The molecular weight excluding hydrogens is 303 g/mol. The average molecular weight is 314 g/mol. The number of benzene rings is 2. The minimum absolute atomic E-state index is 0.0311. The molecule has 1 heterocycles. The molecule has 0 amide bonds. The summed E-state index contributed by atoms with van der Waals surface area (Å²) in [6, 6.07) is 11.6. The molecule has 1 aromatic heterocycles. The van der Waals surface area contributed by atoms with Crippen LogP contribution in [0.1, 0.15) is 5.82 Å². The molecule has 0 fully saturated rings. The van der Waals surface area contributed by atoms with Gasteiger partial charge in [0.1, 0.15) is 18.2 Å². The van der Waals surface area contributed by atoms with Crippen LogP contribution in [0.25, 0.3) is 11.4 Å². The number of aromatic amines is 1. The van der Waals surface area contributed by atoms with Crippen molar-refractivity contribution in [1.82, 2.24) is 15.2 Å². The molecule has 0 aliphatic carbocycles. The highest BCUT2D eigenvalue weighted by atomic mass is 19.1. The first-order valence-electron chi connectivity index (χ1n) is 6.66. The summed E-state index contributed by atoms with van der Waals surface area (Å²) in [6.07, 6.45) is 0. The molecule has 3 rings (SSSR count). The quantitative estimate of drug-likeness (QED) is 0.577. The average Bonchev–Trinajstić information content (AvgIpc) is 3.03. The maximum absolute atomic E-state index is 12.8. The lowest BCUT2D eigenvalue weighted by molar-refractivity contribution is -0.384. The van der Waals surface area contributed by atoms with Gasteiger partial charge < -0.3 is 4.74 Å². The molecule has 0 saturated carbocycles. The van der Waals surface area contributed by atoms with E-state index in [-0.39, 0.29) is 18.1 Å².